The molecule has 1 aromatic heterocycles. The maximum Gasteiger partial charge on any atom is 0.0953 e. The van der Waals surface area contributed by atoms with Crippen molar-refractivity contribution in [2.75, 3.05) is 0 Å². The largest absolute Gasteiger partial charge is 0.296 e. The van der Waals surface area contributed by atoms with Crippen molar-refractivity contribution in [3.05, 3.63) is 18.0 Å². The maximum absolute atomic E-state index is 8.67. The van der Waals surface area contributed by atoms with Crippen molar-refractivity contribution in [2.45, 2.75) is 25.9 Å². The second-order valence-electron chi connectivity index (χ2n) is 2.95. The number of hydrogen-bond acceptors (Lipinski definition) is 3. The highest BCUT2D eigenvalue weighted by Gasteiger charge is 2.03. The van der Waals surface area contributed by atoms with E-state index >= 15 is 0 Å². The number of aryl methyl sites for hydroxylation is 1. The van der Waals surface area contributed by atoms with Crippen LogP contribution in [0.4, 0.5) is 0 Å². The highest BCUT2D eigenvalue weighted by atomic mass is 15.3. The third-order valence-electron chi connectivity index (χ3n) is 1.86. The molecule has 0 radical (unpaired) electrons. The van der Waals surface area contributed by atoms with Gasteiger partial charge in [-0.25, -0.2) is 0 Å². The molecule has 1 atom stereocenters. The van der Waals surface area contributed by atoms with Gasteiger partial charge in [0, 0.05) is 19.8 Å². The van der Waals surface area contributed by atoms with Crippen LogP contribution in [0.15, 0.2) is 12.3 Å². The minimum absolute atomic E-state index is 0.0676. The van der Waals surface area contributed by atoms with E-state index in [-0.39, 0.29) is 6.04 Å². The number of aromatic nitrogens is 2. The third kappa shape index (κ3) is 2.88. The van der Waals surface area contributed by atoms with Crippen LogP contribution < -0.4 is 5.32 Å². The maximum atomic E-state index is 8.67. The van der Waals surface area contributed by atoms with E-state index in [1.54, 1.807) is 4.68 Å². The summed E-state index contributed by atoms with van der Waals surface area (Å²) in [4.78, 5) is 0. The van der Waals surface area contributed by atoms with Crippen molar-refractivity contribution in [1.82, 2.24) is 15.1 Å². The van der Waals surface area contributed by atoms with Crippen molar-refractivity contribution in [3.8, 4) is 6.07 Å². The molecule has 0 aliphatic heterocycles. The van der Waals surface area contributed by atoms with Crippen molar-refractivity contribution < 1.29 is 0 Å². The van der Waals surface area contributed by atoms with Crippen molar-refractivity contribution in [1.29, 1.82) is 5.26 Å². The molecule has 4 heteroatoms. The summed E-state index contributed by atoms with van der Waals surface area (Å²) < 4.78 is 1.75. The molecule has 0 amide bonds. The van der Waals surface area contributed by atoms with E-state index in [0.717, 1.165) is 12.1 Å². The smallest absolute Gasteiger partial charge is 0.0953 e. The Morgan fingerprint density at radius 2 is 2.54 bits per heavy atom. The van der Waals surface area contributed by atoms with Gasteiger partial charge in [-0.15, -0.1) is 0 Å². The van der Waals surface area contributed by atoms with Gasteiger partial charge in [-0.1, -0.05) is 6.92 Å². The number of nitrogens with zero attached hydrogens (tertiary/aromatic N) is 3. The lowest BCUT2D eigenvalue weighted by Crippen LogP contribution is -2.26. The van der Waals surface area contributed by atoms with Crippen LogP contribution in [-0.4, -0.2) is 15.8 Å². The molecule has 0 aliphatic carbocycles. The van der Waals surface area contributed by atoms with Crippen molar-refractivity contribution in [3.63, 3.8) is 0 Å². The first-order chi connectivity index (χ1) is 6.26. The quantitative estimate of drug-likeness (QED) is 0.742. The van der Waals surface area contributed by atoms with E-state index < -0.39 is 0 Å². The highest BCUT2D eigenvalue weighted by molar-refractivity contribution is 5.00. The van der Waals surface area contributed by atoms with Gasteiger partial charge in [0.1, 0.15) is 0 Å². The average molecular weight is 178 g/mol. The molecule has 0 fully saturated rings. The molecule has 1 N–H and O–H groups in total. The Kier molecular flexibility index (Phi) is 3.47. The summed E-state index contributed by atoms with van der Waals surface area (Å²) in [6, 6.07) is 4.06. The molecule has 1 heterocycles. The molecule has 1 rings (SSSR count). The number of hydrogen-bond donors (Lipinski definition) is 1. The molecule has 70 valence electrons. The minimum atomic E-state index is -0.0676. The third-order valence-corrected chi connectivity index (χ3v) is 1.86. The van der Waals surface area contributed by atoms with Gasteiger partial charge in [-0.2, -0.15) is 10.4 Å². The first-order valence-electron chi connectivity index (χ1n) is 4.37. The second kappa shape index (κ2) is 4.63. The van der Waals surface area contributed by atoms with Crippen LogP contribution in [0, 0.1) is 11.3 Å². The molecule has 13 heavy (non-hydrogen) atoms. The predicted molar refractivity (Wildman–Crippen MR) is 49.7 cm³/mol. The standard InChI is InChI=1S/C9H14N4/c1-3-8(6-10)11-7-9-4-5-13(2)12-9/h4-5,8,11H,3,7H2,1-2H3. The van der Waals surface area contributed by atoms with Crippen LogP contribution in [0.25, 0.3) is 0 Å². The summed E-state index contributed by atoms with van der Waals surface area (Å²) in [7, 11) is 1.88. The molecule has 1 unspecified atom stereocenters. The van der Waals surface area contributed by atoms with Crippen LogP contribution in [0.5, 0.6) is 0 Å². The summed E-state index contributed by atoms with van der Waals surface area (Å²) in [5, 5.41) is 16.0. The zero-order valence-electron chi connectivity index (χ0n) is 7.99. The predicted octanol–water partition coefficient (Wildman–Crippen LogP) is 0.812. The Balaban J connectivity index is 2.39. The van der Waals surface area contributed by atoms with E-state index in [1.165, 1.54) is 0 Å². The van der Waals surface area contributed by atoms with E-state index in [9.17, 15) is 0 Å². The van der Waals surface area contributed by atoms with E-state index in [1.807, 2.05) is 26.2 Å². The number of nitrogens with one attached hydrogen (secondary N) is 1. The molecule has 0 saturated carbocycles. The van der Waals surface area contributed by atoms with Crippen LogP contribution >= 0.6 is 0 Å². The normalized spacial score (nSPS) is 12.4. The zero-order chi connectivity index (χ0) is 9.68. The molecule has 0 aliphatic rings. The molecule has 0 bridgehead atoms. The summed E-state index contributed by atoms with van der Waals surface area (Å²) in [5.41, 5.74) is 0.969. The Morgan fingerprint density at radius 3 is 3.00 bits per heavy atom. The lowest BCUT2D eigenvalue weighted by atomic mass is 10.2. The summed E-state index contributed by atoms with van der Waals surface area (Å²) >= 11 is 0. The van der Waals surface area contributed by atoms with E-state index in [0.29, 0.717) is 6.54 Å². The first-order valence-corrected chi connectivity index (χ1v) is 4.37. The molecular formula is C9H14N4. The fraction of sp³-hybridized carbons (Fsp3) is 0.556. The molecule has 0 spiro atoms. The molecule has 1 aromatic rings. The fourth-order valence-electron chi connectivity index (χ4n) is 1.07. The van der Waals surface area contributed by atoms with Gasteiger partial charge in [0.05, 0.1) is 17.8 Å². The van der Waals surface area contributed by atoms with Crippen LogP contribution in [0.1, 0.15) is 19.0 Å². The molecule has 4 nitrogen and oxygen atoms in total. The van der Waals surface area contributed by atoms with Gasteiger partial charge in [-0.05, 0) is 12.5 Å². The summed E-state index contributed by atoms with van der Waals surface area (Å²) in [5.74, 6) is 0. The van der Waals surface area contributed by atoms with Crippen molar-refractivity contribution in [2.24, 2.45) is 7.05 Å². The van der Waals surface area contributed by atoms with Gasteiger partial charge >= 0.3 is 0 Å². The lowest BCUT2D eigenvalue weighted by Gasteiger charge is -2.06. The highest BCUT2D eigenvalue weighted by Crippen LogP contribution is 1.95. The summed E-state index contributed by atoms with van der Waals surface area (Å²) in [6.45, 7) is 2.65. The van der Waals surface area contributed by atoms with Gasteiger partial charge in [-0.3, -0.25) is 10.00 Å². The van der Waals surface area contributed by atoms with Gasteiger partial charge in [0.15, 0.2) is 0 Å². The molecule has 0 saturated heterocycles. The van der Waals surface area contributed by atoms with Gasteiger partial charge in [0.25, 0.3) is 0 Å². The number of rotatable bonds is 4. The molecular weight excluding hydrogens is 164 g/mol. The Hall–Kier alpha value is -1.34. The minimum Gasteiger partial charge on any atom is -0.296 e. The van der Waals surface area contributed by atoms with E-state index in [2.05, 4.69) is 16.5 Å². The Bertz CT molecular complexity index is 297. The zero-order valence-corrected chi connectivity index (χ0v) is 7.99. The molecule has 0 aromatic carbocycles. The van der Waals surface area contributed by atoms with Crippen LogP contribution in [0.3, 0.4) is 0 Å². The monoisotopic (exact) mass is 178 g/mol. The van der Waals surface area contributed by atoms with Crippen LogP contribution in [-0.2, 0) is 13.6 Å². The number of nitriles is 1. The topological polar surface area (TPSA) is 53.6 Å². The lowest BCUT2D eigenvalue weighted by molar-refractivity contribution is 0.574. The van der Waals surface area contributed by atoms with Crippen molar-refractivity contribution >= 4 is 0 Å². The average Bonchev–Trinajstić information content (AvgIpc) is 2.53. The summed E-state index contributed by atoms with van der Waals surface area (Å²) in [6.07, 6.45) is 2.72. The first kappa shape index (κ1) is 9.75. The van der Waals surface area contributed by atoms with E-state index in [4.69, 9.17) is 5.26 Å². The second-order valence-corrected chi connectivity index (χ2v) is 2.95. The Labute approximate surface area is 78.2 Å². The van der Waals surface area contributed by atoms with Gasteiger partial charge in [0.2, 0.25) is 0 Å². The van der Waals surface area contributed by atoms with Crippen LogP contribution in [0.2, 0.25) is 0 Å². The fourth-order valence-corrected chi connectivity index (χ4v) is 1.07. The Morgan fingerprint density at radius 1 is 1.77 bits per heavy atom. The SMILES string of the molecule is CCC(C#N)NCc1ccn(C)n1. The van der Waals surface area contributed by atoms with Gasteiger partial charge < -0.3 is 0 Å².